The van der Waals surface area contributed by atoms with Crippen LogP contribution in [-0.4, -0.2) is 96.7 Å². The Kier molecular flexibility index (Phi) is 77.5. The molecule has 0 saturated carbocycles. The third-order valence-electron chi connectivity index (χ3n) is 20.9. The number of hydrogen-bond donors (Lipinski definition) is 3. The molecular weight excluding hydrogens is 1400 g/mol. The smallest absolute Gasteiger partial charge is 0.462 e. The minimum Gasteiger partial charge on any atom is -0.462 e. The molecule has 0 bridgehead atoms. The molecule has 0 fully saturated rings. The molecule has 0 amide bonds. The number of phosphoric acid groups is 2. The molecule has 0 radical (unpaired) electrons. The molecule has 5 atom stereocenters. The Morgan fingerprint density at radius 2 is 0.426 bits per heavy atom. The second-order valence-electron chi connectivity index (χ2n) is 33.4. The van der Waals surface area contributed by atoms with Crippen LogP contribution in [0.2, 0.25) is 0 Å². The molecule has 0 aromatic heterocycles. The Hall–Kier alpha value is -1.94. The van der Waals surface area contributed by atoms with Gasteiger partial charge in [-0.2, -0.15) is 0 Å². The van der Waals surface area contributed by atoms with E-state index in [1.54, 1.807) is 0 Å². The molecule has 642 valence electrons. The lowest BCUT2D eigenvalue weighted by molar-refractivity contribution is -0.161. The van der Waals surface area contributed by atoms with Crippen LogP contribution in [0.1, 0.15) is 472 Å². The fourth-order valence-corrected chi connectivity index (χ4v) is 15.5. The maximum Gasteiger partial charge on any atom is 0.472 e. The lowest BCUT2D eigenvalue weighted by Crippen LogP contribution is -2.30. The topological polar surface area (TPSA) is 237 Å². The molecule has 2 unspecified atom stereocenters. The Balaban J connectivity index is 5.25. The van der Waals surface area contributed by atoms with Gasteiger partial charge in [-0.3, -0.25) is 37.3 Å². The van der Waals surface area contributed by atoms with E-state index in [1.165, 1.54) is 283 Å². The highest BCUT2D eigenvalue weighted by Gasteiger charge is 2.31. The van der Waals surface area contributed by atoms with Crippen LogP contribution in [0.4, 0.5) is 0 Å². The average molecular weight is 1580 g/mol. The van der Waals surface area contributed by atoms with E-state index in [0.717, 1.165) is 108 Å². The first-order valence-electron chi connectivity index (χ1n) is 45.8. The Labute approximate surface area is 664 Å². The quantitative estimate of drug-likeness (QED) is 0.0222. The highest BCUT2D eigenvalue weighted by Crippen LogP contribution is 2.45. The van der Waals surface area contributed by atoms with Crippen molar-refractivity contribution in [3.8, 4) is 0 Å². The summed E-state index contributed by atoms with van der Waals surface area (Å²) >= 11 is 0. The van der Waals surface area contributed by atoms with Crippen LogP contribution < -0.4 is 0 Å². The summed E-state index contributed by atoms with van der Waals surface area (Å²) in [6.07, 6.45) is 70.9. The maximum atomic E-state index is 13.2. The van der Waals surface area contributed by atoms with Gasteiger partial charge in [0.15, 0.2) is 12.2 Å². The van der Waals surface area contributed by atoms with Crippen LogP contribution >= 0.6 is 15.6 Å². The van der Waals surface area contributed by atoms with Crippen molar-refractivity contribution in [2.75, 3.05) is 39.6 Å². The van der Waals surface area contributed by atoms with Gasteiger partial charge in [0.05, 0.1) is 26.4 Å². The van der Waals surface area contributed by atoms with E-state index in [4.69, 9.17) is 37.0 Å². The molecule has 3 N–H and O–H groups in total. The predicted molar refractivity (Wildman–Crippen MR) is 446 cm³/mol. The number of carbonyl (C=O) groups is 4. The van der Waals surface area contributed by atoms with Gasteiger partial charge in [-0.1, -0.05) is 421 Å². The molecule has 19 heteroatoms. The molecule has 108 heavy (non-hydrogen) atoms. The van der Waals surface area contributed by atoms with Gasteiger partial charge < -0.3 is 33.8 Å². The third kappa shape index (κ3) is 82.1. The van der Waals surface area contributed by atoms with Crippen molar-refractivity contribution in [3.05, 3.63) is 0 Å². The number of hydrogen-bond acceptors (Lipinski definition) is 15. The lowest BCUT2D eigenvalue weighted by atomic mass is 10.0. The van der Waals surface area contributed by atoms with Gasteiger partial charge in [-0.15, -0.1) is 0 Å². The SMILES string of the molecule is CCCCCCCCCCCCCCCCCCCCCCCC(=O)O[C@H](COC(=O)CCCCCCCCCCCCCCCCCC(C)C)COP(=O)(O)OC[C@@H](O)COP(=O)(O)OC[C@@H](COC(=O)CCCCCCCCCCCC(C)C)OC(=O)CCCCCCCCCCCCCCCCC(C)C. The molecule has 0 aliphatic carbocycles. The second kappa shape index (κ2) is 78.9. The second-order valence-corrected chi connectivity index (χ2v) is 36.3. The van der Waals surface area contributed by atoms with Gasteiger partial charge in [0.25, 0.3) is 0 Å². The Morgan fingerprint density at radius 3 is 0.630 bits per heavy atom. The van der Waals surface area contributed by atoms with E-state index in [0.29, 0.717) is 25.7 Å². The molecule has 0 aliphatic rings. The Bertz CT molecular complexity index is 2080. The molecule has 17 nitrogen and oxygen atoms in total. The average Bonchev–Trinajstić information content (AvgIpc) is 0.900. The van der Waals surface area contributed by atoms with Crippen molar-refractivity contribution < 1.29 is 80.2 Å². The number of aliphatic hydroxyl groups excluding tert-OH is 1. The van der Waals surface area contributed by atoms with E-state index < -0.39 is 97.5 Å². The van der Waals surface area contributed by atoms with Crippen molar-refractivity contribution in [1.29, 1.82) is 0 Å². The number of phosphoric ester groups is 2. The fraction of sp³-hybridized carbons (Fsp3) is 0.955. The molecule has 0 aliphatic heterocycles. The molecule has 0 rings (SSSR count). The van der Waals surface area contributed by atoms with Crippen LogP contribution in [0.25, 0.3) is 0 Å². The van der Waals surface area contributed by atoms with Crippen LogP contribution in [0.5, 0.6) is 0 Å². The summed E-state index contributed by atoms with van der Waals surface area (Å²) in [6, 6.07) is 0. The van der Waals surface area contributed by atoms with Gasteiger partial charge in [-0.25, -0.2) is 9.13 Å². The Morgan fingerprint density at radius 1 is 0.250 bits per heavy atom. The normalized spacial score (nSPS) is 13.8. The zero-order valence-electron chi connectivity index (χ0n) is 71.3. The van der Waals surface area contributed by atoms with Gasteiger partial charge in [-0.05, 0) is 43.4 Å². The lowest BCUT2D eigenvalue weighted by Gasteiger charge is -2.21. The number of rotatable bonds is 87. The van der Waals surface area contributed by atoms with Crippen LogP contribution in [0.15, 0.2) is 0 Å². The van der Waals surface area contributed by atoms with Crippen molar-refractivity contribution >= 4 is 39.5 Å². The molecule has 0 aromatic carbocycles. The monoisotopic (exact) mass is 1580 g/mol. The first-order valence-corrected chi connectivity index (χ1v) is 48.8. The molecule has 0 aromatic rings. The van der Waals surface area contributed by atoms with Gasteiger partial charge in [0, 0.05) is 25.7 Å². The van der Waals surface area contributed by atoms with Crippen LogP contribution in [-0.2, 0) is 65.4 Å². The van der Waals surface area contributed by atoms with Crippen molar-refractivity contribution in [2.45, 2.75) is 491 Å². The highest BCUT2D eigenvalue weighted by molar-refractivity contribution is 7.47. The molecular formula is C89H174O17P2. The number of carbonyl (C=O) groups excluding carboxylic acids is 4. The number of esters is 4. The first kappa shape index (κ1) is 106. The van der Waals surface area contributed by atoms with E-state index in [9.17, 15) is 43.2 Å². The number of unbranched alkanes of at least 4 members (excludes halogenated alkanes) is 55. The zero-order chi connectivity index (χ0) is 79.3. The fourth-order valence-electron chi connectivity index (χ4n) is 13.9. The largest absolute Gasteiger partial charge is 0.472 e. The summed E-state index contributed by atoms with van der Waals surface area (Å²) in [5.41, 5.74) is 0. The summed E-state index contributed by atoms with van der Waals surface area (Å²) < 4.78 is 69.0. The molecule has 0 heterocycles. The van der Waals surface area contributed by atoms with E-state index in [2.05, 4.69) is 48.5 Å². The van der Waals surface area contributed by atoms with Crippen LogP contribution in [0, 0.1) is 17.8 Å². The predicted octanol–water partition coefficient (Wildman–Crippen LogP) is 27.3. The standard InChI is InChI=1S/C89H174O17P2/c1-8-9-10-11-12-13-14-15-16-17-18-19-20-21-24-31-36-43-51-58-65-72-88(93)105-84(76-99-86(91)70-63-56-49-42-35-30-25-22-23-28-33-39-46-53-60-67-80(2)3)78-103-107(95,96)101-74-83(90)75-102-108(97,98)104-79-85(77-100-87(92)71-64-57-50-45-38-41-48-55-62-69-82(6)7)106-89(94)73-66-59-52-44-37-32-27-26-29-34-40-47-54-61-68-81(4)5/h80-85,90H,8-79H2,1-7H3,(H,95,96)(H,97,98)/t83-,84-,85-/m1/s1. The zero-order valence-corrected chi connectivity index (χ0v) is 73.1. The van der Waals surface area contributed by atoms with Gasteiger partial charge in [0.1, 0.15) is 19.3 Å². The van der Waals surface area contributed by atoms with Gasteiger partial charge >= 0.3 is 39.5 Å². The minimum atomic E-state index is -4.97. The van der Waals surface area contributed by atoms with Gasteiger partial charge in [0.2, 0.25) is 0 Å². The van der Waals surface area contributed by atoms with Crippen LogP contribution in [0.3, 0.4) is 0 Å². The first-order chi connectivity index (χ1) is 52.2. The number of aliphatic hydroxyl groups is 1. The molecule has 0 saturated heterocycles. The van der Waals surface area contributed by atoms with E-state index >= 15 is 0 Å². The maximum absolute atomic E-state index is 13.2. The van der Waals surface area contributed by atoms with E-state index in [-0.39, 0.29) is 25.7 Å². The summed E-state index contributed by atoms with van der Waals surface area (Å²) in [7, 11) is -9.93. The van der Waals surface area contributed by atoms with Crippen molar-refractivity contribution in [1.82, 2.24) is 0 Å². The summed E-state index contributed by atoms with van der Waals surface area (Å²) in [6.45, 7) is 12.0. The van der Waals surface area contributed by atoms with Crippen molar-refractivity contribution in [2.24, 2.45) is 17.8 Å². The summed E-state index contributed by atoms with van der Waals surface area (Å²) in [5.74, 6) is 0.244. The minimum absolute atomic E-state index is 0.107. The highest BCUT2D eigenvalue weighted by atomic mass is 31.2. The van der Waals surface area contributed by atoms with Crippen molar-refractivity contribution in [3.63, 3.8) is 0 Å². The summed E-state index contributed by atoms with van der Waals surface area (Å²) in [5, 5.41) is 10.7. The summed E-state index contributed by atoms with van der Waals surface area (Å²) in [4.78, 5) is 73.4. The molecule has 0 spiro atoms. The number of ether oxygens (including phenoxy) is 4. The third-order valence-corrected chi connectivity index (χ3v) is 22.8. The van der Waals surface area contributed by atoms with E-state index in [1.807, 2.05) is 0 Å².